The van der Waals surface area contributed by atoms with Crippen molar-refractivity contribution in [1.29, 1.82) is 0 Å². The van der Waals surface area contributed by atoms with Gasteiger partial charge in [-0.05, 0) is 24.3 Å². The van der Waals surface area contributed by atoms with Crippen LogP contribution in [0.5, 0.6) is 5.75 Å². The molecule has 0 aliphatic carbocycles. The van der Waals surface area contributed by atoms with Gasteiger partial charge in [-0.2, -0.15) is 8.42 Å². The van der Waals surface area contributed by atoms with Crippen LogP contribution >= 0.6 is 0 Å². The van der Waals surface area contributed by atoms with Gasteiger partial charge in [0.1, 0.15) is 16.5 Å². The first-order valence-corrected chi connectivity index (χ1v) is 7.46. The second kappa shape index (κ2) is 6.10. The van der Waals surface area contributed by atoms with Gasteiger partial charge in [-0.1, -0.05) is 12.1 Å². The van der Waals surface area contributed by atoms with Gasteiger partial charge in [0.15, 0.2) is 5.75 Å². The maximum atomic E-state index is 13.6. The Balaban J connectivity index is 2.39. The summed E-state index contributed by atoms with van der Waals surface area (Å²) in [6.45, 7) is 1.24. The maximum absolute atomic E-state index is 13.6. The molecule has 2 aromatic carbocycles. The summed E-state index contributed by atoms with van der Waals surface area (Å²) >= 11 is 0. The highest BCUT2D eigenvalue weighted by Crippen LogP contribution is 2.28. The highest BCUT2D eigenvalue weighted by Gasteiger charge is 2.23. The molecule has 0 spiro atoms. The number of halogens is 2. The molecule has 0 saturated heterocycles. The molecular weight excluding hydrogens is 316 g/mol. The smallest absolute Gasteiger partial charge is 0.342 e. The fourth-order valence-corrected chi connectivity index (χ4v) is 2.68. The van der Waals surface area contributed by atoms with Gasteiger partial charge in [0.2, 0.25) is 5.91 Å². The summed E-state index contributed by atoms with van der Waals surface area (Å²) in [4.78, 5) is 10.3. The number of rotatable bonds is 4. The Hall–Kier alpha value is -2.48. The zero-order valence-corrected chi connectivity index (χ0v) is 12.2. The summed E-state index contributed by atoms with van der Waals surface area (Å²) in [5.74, 6) is -2.78. The van der Waals surface area contributed by atoms with Gasteiger partial charge < -0.3 is 9.50 Å². The molecule has 0 bridgehead atoms. The quantitative estimate of drug-likeness (QED) is 0.876. The monoisotopic (exact) mass is 327 g/mol. The Bertz CT molecular complexity index is 821. The van der Waals surface area contributed by atoms with Crippen LogP contribution in [-0.4, -0.2) is 14.3 Å². The van der Waals surface area contributed by atoms with Crippen molar-refractivity contribution in [1.82, 2.24) is 0 Å². The maximum Gasteiger partial charge on any atom is 0.342 e. The van der Waals surface area contributed by atoms with E-state index in [1.54, 1.807) is 6.07 Å². The lowest BCUT2D eigenvalue weighted by molar-refractivity contribution is -0.114. The third-order valence-corrected chi connectivity index (χ3v) is 3.83. The van der Waals surface area contributed by atoms with Gasteiger partial charge >= 0.3 is 10.1 Å². The van der Waals surface area contributed by atoms with Crippen LogP contribution in [0.25, 0.3) is 0 Å². The van der Waals surface area contributed by atoms with E-state index in [9.17, 15) is 22.0 Å². The molecule has 22 heavy (non-hydrogen) atoms. The second-order valence-electron chi connectivity index (χ2n) is 4.29. The van der Waals surface area contributed by atoms with Crippen LogP contribution in [0.2, 0.25) is 0 Å². The van der Waals surface area contributed by atoms with Gasteiger partial charge in [-0.15, -0.1) is 0 Å². The number of carbonyl (C=O) groups excluding carboxylic acids is 1. The molecule has 116 valence electrons. The van der Waals surface area contributed by atoms with Crippen molar-refractivity contribution >= 4 is 21.7 Å². The van der Waals surface area contributed by atoms with Gasteiger partial charge in [0.25, 0.3) is 0 Å². The Morgan fingerprint density at radius 1 is 1.14 bits per heavy atom. The largest absolute Gasteiger partial charge is 0.377 e. The third-order valence-electron chi connectivity index (χ3n) is 2.56. The van der Waals surface area contributed by atoms with Crippen molar-refractivity contribution in [3.05, 3.63) is 54.1 Å². The van der Waals surface area contributed by atoms with Crippen molar-refractivity contribution in [3.63, 3.8) is 0 Å². The molecule has 0 saturated carbocycles. The van der Waals surface area contributed by atoms with E-state index in [1.165, 1.54) is 25.1 Å². The molecule has 0 fully saturated rings. The topological polar surface area (TPSA) is 72.5 Å². The van der Waals surface area contributed by atoms with Crippen molar-refractivity contribution in [2.45, 2.75) is 11.8 Å². The van der Waals surface area contributed by atoms with Crippen LogP contribution in [0.1, 0.15) is 6.92 Å². The number of hydrogen-bond donors (Lipinski definition) is 1. The van der Waals surface area contributed by atoms with Crippen LogP contribution in [0.4, 0.5) is 14.5 Å². The minimum Gasteiger partial charge on any atom is -0.377 e. The molecule has 1 amide bonds. The summed E-state index contributed by atoms with van der Waals surface area (Å²) in [5.41, 5.74) is 0.112. The van der Waals surface area contributed by atoms with Crippen molar-refractivity contribution in [2.75, 3.05) is 5.32 Å². The first kappa shape index (κ1) is 15.9. The van der Waals surface area contributed by atoms with E-state index in [1.807, 2.05) is 0 Å². The molecule has 0 aliphatic rings. The second-order valence-corrected chi connectivity index (χ2v) is 5.80. The molecule has 0 atom stereocenters. The van der Waals surface area contributed by atoms with E-state index in [0.29, 0.717) is 6.07 Å². The molecule has 5 nitrogen and oxygen atoms in total. The van der Waals surface area contributed by atoms with Crippen LogP contribution in [-0.2, 0) is 14.9 Å². The average molecular weight is 327 g/mol. The lowest BCUT2D eigenvalue weighted by Crippen LogP contribution is -2.14. The third kappa shape index (κ3) is 3.59. The SMILES string of the molecule is CC(=O)Nc1ccccc1OS(=O)(=O)c1ccc(F)cc1F. The van der Waals surface area contributed by atoms with Crippen LogP contribution < -0.4 is 9.50 Å². The lowest BCUT2D eigenvalue weighted by Gasteiger charge is -2.12. The first-order valence-electron chi connectivity index (χ1n) is 6.06. The van der Waals surface area contributed by atoms with Crippen molar-refractivity contribution in [3.8, 4) is 5.75 Å². The number of anilines is 1. The van der Waals surface area contributed by atoms with E-state index in [-0.39, 0.29) is 11.4 Å². The fourth-order valence-electron chi connectivity index (χ4n) is 1.67. The fraction of sp³-hybridized carbons (Fsp3) is 0.0714. The number of benzene rings is 2. The number of carbonyl (C=O) groups is 1. The molecule has 0 aliphatic heterocycles. The zero-order valence-electron chi connectivity index (χ0n) is 11.3. The Morgan fingerprint density at radius 3 is 2.45 bits per heavy atom. The standard InChI is InChI=1S/C14H11F2NO4S/c1-9(18)17-12-4-2-3-5-13(12)21-22(19,20)14-7-6-10(15)8-11(14)16/h2-8H,1H3,(H,17,18). The number of hydrogen-bond acceptors (Lipinski definition) is 4. The Morgan fingerprint density at radius 2 is 1.82 bits per heavy atom. The Labute approximate surface area is 125 Å². The molecule has 8 heteroatoms. The number of para-hydroxylation sites is 2. The minimum atomic E-state index is -4.51. The first-order chi connectivity index (χ1) is 10.3. The van der Waals surface area contributed by atoms with Gasteiger partial charge in [-0.3, -0.25) is 4.79 Å². The summed E-state index contributed by atoms with van der Waals surface area (Å²) in [6.07, 6.45) is 0. The van der Waals surface area contributed by atoms with Gasteiger partial charge in [0, 0.05) is 13.0 Å². The van der Waals surface area contributed by atoms with Gasteiger partial charge in [0.05, 0.1) is 5.69 Å². The number of nitrogens with one attached hydrogen (secondary N) is 1. The predicted molar refractivity (Wildman–Crippen MR) is 74.9 cm³/mol. The highest BCUT2D eigenvalue weighted by atomic mass is 32.2. The van der Waals surface area contributed by atoms with E-state index in [0.717, 1.165) is 12.1 Å². The van der Waals surface area contributed by atoms with E-state index in [4.69, 9.17) is 4.18 Å². The molecule has 0 aromatic heterocycles. The predicted octanol–water partition coefficient (Wildman–Crippen LogP) is 2.69. The molecule has 0 unspecified atom stereocenters. The molecule has 0 radical (unpaired) electrons. The van der Waals surface area contributed by atoms with Crippen LogP contribution in [0, 0.1) is 11.6 Å². The van der Waals surface area contributed by atoms with Gasteiger partial charge in [-0.25, -0.2) is 8.78 Å². The molecule has 2 aromatic rings. The highest BCUT2D eigenvalue weighted by molar-refractivity contribution is 7.87. The van der Waals surface area contributed by atoms with Crippen LogP contribution in [0.3, 0.4) is 0 Å². The molecule has 0 heterocycles. The zero-order chi connectivity index (χ0) is 16.3. The van der Waals surface area contributed by atoms with E-state index < -0.39 is 32.6 Å². The number of amides is 1. The molecular formula is C14H11F2NO4S. The van der Waals surface area contributed by atoms with E-state index >= 15 is 0 Å². The summed E-state index contributed by atoms with van der Waals surface area (Å²) in [5, 5.41) is 2.39. The van der Waals surface area contributed by atoms with E-state index in [2.05, 4.69) is 5.32 Å². The average Bonchev–Trinajstić information content (AvgIpc) is 2.39. The molecule has 1 N–H and O–H groups in total. The Kier molecular flexibility index (Phi) is 4.41. The summed E-state index contributed by atoms with van der Waals surface area (Å²) < 4.78 is 55.4. The van der Waals surface area contributed by atoms with Crippen molar-refractivity contribution in [2.24, 2.45) is 0 Å². The summed E-state index contributed by atoms with van der Waals surface area (Å²) in [7, 11) is -4.51. The lowest BCUT2D eigenvalue weighted by atomic mass is 10.3. The normalized spacial score (nSPS) is 11.0. The summed E-state index contributed by atoms with van der Waals surface area (Å²) in [6, 6.07) is 7.77. The molecule has 2 rings (SSSR count). The van der Waals surface area contributed by atoms with Crippen molar-refractivity contribution < 1.29 is 26.2 Å². The van der Waals surface area contributed by atoms with Crippen LogP contribution in [0.15, 0.2) is 47.4 Å². The minimum absolute atomic E-state index is 0.112.